The molecule has 1 aromatic carbocycles. The lowest BCUT2D eigenvalue weighted by atomic mass is 10.1. The van der Waals surface area contributed by atoms with Crippen molar-refractivity contribution in [1.82, 2.24) is 4.98 Å². The number of rotatable bonds is 6. The molecule has 0 radical (unpaired) electrons. The van der Waals surface area contributed by atoms with Crippen molar-refractivity contribution in [2.45, 2.75) is 20.5 Å². The number of nitrogens with zero attached hydrogens (tertiary/aromatic N) is 2. The summed E-state index contributed by atoms with van der Waals surface area (Å²) in [6.45, 7) is 3.15. The second kappa shape index (κ2) is 6.87. The number of methoxy groups -OCH3 is 1. The van der Waals surface area contributed by atoms with Crippen molar-refractivity contribution in [2.75, 3.05) is 7.11 Å². The lowest BCUT2D eigenvalue weighted by molar-refractivity contribution is -0.390. The van der Waals surface area contributed by atoms with Crippen LogP contribution in [-0.2, 0) is 6.61 Å². The summed E-state index contributed by atoms with van der Waals surface area (Å²) in [5.41, 5.74) is 1.66. The number of benzene rings is 1. The van der Waals surface area contributed by atoms with Crippen molar-refractivity contribution < 1.29 is 19.2 Å². The minimum Gasteiger partial charge on any atom is -0.496 e. The summed E-state index contributed by atoms with van der Waals surface area (Å²) in [6.07, 6.45) is 0. The number of Topliss-reactive ketones (excluding diaryl/α,β-unsaturated/α-hetero) is 1. The molecular formula is C16H16N2O5. The van der Waals surface area contributed by atoms with Crippen molar-refractivity contribution in [3.05, 3.63) is 57.3 Å². The van der Waals surface area contributed by atoms with Gasteiger partial charge in [-0.25, -0.2) is 0 Å². The van der Waals surface area contributed by atoms with Gasteiger partial charge in [0.05, 0.1) is 7.11 Å². The molecule has 0 fully saturated rings. The predicted molar refractivity (Wildman–Crippen MR) is 83.0 cm³/mol. The number of ketones is 1. The Morgan fingerprint density at radius 3 is 2.57 bits per heavy atom. The fraction of sp³-hybridized carbons (Fsp3) is 0.250. The van der Waals surface area contributed by atoms with E-state index in [0.29, 0.717) is 22.6 Å². The summed E-state index contributed by atoms with van der Waals surface area (Å²) in [7, 11) is 1.50. The maximum absolute atomic E-state index is 11.5. The molecule has 1 aromatic heterocycles. The highest BCUT2D eigenvalue weighted by Gasteiger charge is 2.18. The standard InChI is InChI=1S/C16H16N2O5/c1-10-4-6-15(16(17-10)18(20)21)23-9-13-8-12(11(2)19)5-7-14(13)22-3/h4-8H,9H2,1-3H3. The fourth-order valence-corrected chi connectivity index (χ4v) is 2.04. The molecule has 120 valence electrons. The van der Waals surface area contributed by atoms with E-state index in [0.717, 1.165) is 0 Å². The van der Waals surface area contributed by atoms with E-state index in [9.17, 15) is 14.9 Å². The van der Waals surface area contributed by atoms with Gasteiger partial charge < -0.3 is 19.6 Å². The Kier molecular flexibility index (Phi) is 4.90. The summed E-state index contributed by atoms with van der Waals surface area (Å²) in [6, 6.07) is 8.10. The van der Waals surface area contributed by atoms with Crippen LogP contribution in [0.15, 0.2) is 30.3 Å². The minimum atomic E-state index is -0.592. The van der Waals surface area contributed by atoms with Crippen LogP contribution in [0.25, 0.3) is 0 Å². The molecule has 0 N–H and O–H groups in total. The summed E-state index contributed by atoms with van der Waals surface area (Å²) < 4.78 is 10.7. The van der Waals surface area contributed by atoms with E-state index in [1.54, 1.807) is 31.2 Å². The van der Waals surface area contributed by atoms with Crippen molar-refractivity contribution in [2.24, 2.45) is 0 Å². The number of nitro groups is 1. The molecule has 0 aliphatic rings. The van der Waals surface area contributed by atoms with E-state index >= 15 is 0 Å². The van der Waals surface area contributed by atoms with Gasteiger partial charge in [0, 0.05) is 18.1 Å². The molecule has 2 aromatic rings. The van der Waals surface area contributed by atoms with Gasteiger partial charge >= 0.3 is 5.82 Å². The van der Waals surface area contributed by atoms with Gasteiger partial charge in [-0.3, -0.25) is 4.79 Å². The quantitative estimate of drug-likeness (QED) is 0.462. The van der Waals surface area contributed by atoms with Gasteiger partial charge in [0.1, 0.15) is 18.1 Å². The average molecular weight is 316 g/mol. The number of hydrogen-bond donors (Lipinski definition) is 0. The largest absolute Gasteiger partial charge is 0.496 e. The predicted octanol–water partition coefficient (Wildman–Crippen LogP) is 3.09. The number of aryl methyl sites for hydroxylation is 1. The Balaban J connectivity index is 2.29. The molecule has 1 heterocycles. The number of carbonyl (C=O) groups is 1. The molecular weight excluding hydrogens is 300 g/mol. The monoisotopic (exact) mass is 316 g/mol. The van der Waals surface area contributed by atoms with Crippen molar-refractivity contribution in [3.8, 4) is 11.5 Å². The number of pyridine rings is 1. The first-order chi connectivity index (χ1) is 10.9. The zero-order valence-corrected chi connectivity index (χ0v) is 13.0. The first-order valence-electron chi connectivity index (χ1n) is 6.85. The highest BCUT2D eigenvalue weighted by Crippen LogP contribution is 2.27. The van der Waals surface area contributed by atoms with Crippen LogP contribution in [0.1, 0.15) is 28.5 Å². The first-order valence-corrected chi connectivity index (χ1v) is 6.85. The summed E-state index contributed by atoms with van der Waals surface area (Å²) >= 11 is 0. The van der Waals surface area contributed by atoms with Crippen LogP contribution < -0.4 is 9.47 Å². The van der Waals surface area contributed by atoms with Gasteiger partial charge in [-0.2, -0.15) is 0 Å². The fourth-order valence-electron chi connectivity index (χ4n) is 2.04. The smallest absolute Gasteiger partial charge is 0.406 e. The third kappa shape index (κ3) is 3.82. The van der Waals surface area contributed by atoms with Crippen LogP contribution in [0, 0.1) is 17.0 Å². The number of carbonyl (C=O) groups excluding carboxylic acids is 1. The molecule has 0 aliphatic carbocycles. The second-order valence-corrected chi connectivity index (χ2v) is 4.90. The van der Waals surface area contributed by atoms with Gasteiger partial charge in [-0.15, -0.1) is 0 Å². The molecule has 0 saturated heterocycles. The van der Waals surface area contributed by atoms with E-state index in [2.05, 4.69) is 4.98 Å². The molecule has 0 atom stereocenters. The topological polar surface area (TPSA) is 91.6 Å². The molecule has 7 heteroatoms. The molecule has 23 heavy (non-hydrogen) atoms. The Hall–Kier alpha value is -2.96. The van der Waals surface area contributed by atoms with Gasteiger partial charge in [-0.1, -0.05) is 0 Å². The van der Waals surface area contributed by atoms with Crippen LogP contribution in [0.5, 0.6) is 11.5 Å². The van der Waals surface area contributed by atoms with Crippen LogP contribution in [0.4, 0.5) is 5.82 Å². The summed E-state index contributed by atoms with van der Waals surface area (Å²) in [4.78, 5) is 25.8. The van der Waals surface area contributed by atoms with E-state index in [1.807, 2.05) is 0 Å². The summed E-state index contributed by atoms with van der Waals surface area (Å²) in [5, 5.41) is 11.0. The maximum Gasteiger partial charge on any atom is 0.406 e. The first kappa shape index (κ1) is 16.4. The Labute approximate surface area is 133 Å². The minimum absolute atomic E-state index is 0.0237. The third-order valence-corrected chi connectivity index (χ3v) is 3.22. The van der Waals surface area contributed by atoms with E-state index in [1.165, 1.54) is 20.1 Å². The molecule has 0 amide bonds. The highest BCUT2D eigenvalue weighted by atomic mass is 16.6. The van der Waals surface area contributed by atoms with E-state index < -0.39 is 4.92 Å². The number of hydrogen-bond acceptors (Lipinski definition) is 6. The van der Waals surface area contributed by atoms with Gasteiger partial charge in [0.2, 0.25) is 5.75 Å². The Morgan fingerprint density at radius 1 is 1.26 bits per heavy atom. The zero-order valence-electron chi connectivity index (χ0n) is 13.0. The molecule has 0 bridgehead atoms. The van der Waals surface area contributed by atoms with Crippen LogP contribution in [0.2, 0.25) is 0 Å². The van der Waals surface area contributed by atoms with Gasteiger partial charge in [0.25, 0.3) is 0 Å². The van der Waals surface area contributed by atoms with Crippen molar-refractivity contribution in [1.29, 1.82) is 0 Å². The van der Waals surface area contributed by atoms with E-state index in [-0.39, 0.29) is 24.0 Å². The molecule has 7 nitrogen and oxygen atoms in total. The number of aromatic nitrogens is 1. The summed E-state index contributed by atoms with van der Waals surface area (Å²) in [5.74, 6) is 0.178. The maximum atomic E-state index is 11.5. The van der Waals surface area contributed by atoms with Crippen LogP contribution in [-0.4, -0.2) is 22.8 Å². The molecule has 0 unspecified atom stereocenters. The van der Waals surface area contributed by atoms with Gasteiger partial charge in [0.15, 0.2) is 5.78 Å². The average Bonchev–Trinajstić information content (AvgIpc) is 2.53. The van der Waals surface area contributed by atoms with Crippen molar-refractivity contribution in [3.63, 3.8) is 0 Å². The molecule has 0 aliphatic heterocycles. The lowest BCUT2D eigenvalue weighted by Gasteiger charge is -2.11. The normalized spacial score (nSPS) is 10.2. The Bertz CT molecular complexity index is 758. The van der Waals surface area contributed by atoms with Crippen molar-refractivity contribution >= 4 is 11.6 Å². The van der Waals surface area contributed by atoms with Crippen LogP contribution >= 0.6 is 0 Å². The third-order valence-electron chi connectivity index (χ3n) is 3.22. The van der Waals surface area contributed by atoms with Gasteiger partial charge in [-0.05, 0) is 47.2 Å². The second-order valence-electron chi connectivity index (χ2n) is 4.90. The molecule has 0 spiro atoms. The molecule has 2 rings (SSSR count). The Morgan fingerprint density at radius 2 is 1.96 bits per heavy atom. The van der Waals surface area contributed by atoms with E-state index in [4.69, 9.17) is 9.47 Å². The highest BCUT2D eigenvalue weighted by molar-refractivity contribution is 5.94. The zero-order chi connectivity index (χ0) is 17.0. The number of ether oxygens (including phenoxy) is 2. The SMILES string of the molecule is COc1ccc(C(C)=O)cc1COc1ccc(C)nc1[N+](=O)[O-]. The van der Waals surface area contributed by atoms with Crippen LogP contribution in [0.3, 0.4) is 0 Å². The molecule has 0 saturated carbocycles. The lowest BCUT2D eigenvalue weighted by Crippen LogP contribution is -2.04.